The van der Waals surface area contributed by atoms with E-state index in [1.54, 1.807) is 6.20 Å². The predicted molar refractivity (Wildman–Crippen MR) is 99.6 cm³/mol. The molecule has 1 aliphatic rings. The van der Waals surface area contributed by atoms with Crippen LogP contribution in [0.1, 0.15) is 40.0 Å². The normalized spacial score (nSPS) is 21.7. The molecule has 6 nitrogen and oxygen atoms in total. The van der Waals surface area contributed by atoms with Crippen molar-refractivity contribution in [3.63, 3.8) is 0 Å². The zero-order valence-electron chi connectivity index (χ0n) is 14.4. The Morgan fingerprint density at radius 1 is 1.46 bits per heavy atom. The van der Waals surface area contributed by atoms with Crippen LogP contribution in [0.25, 0.3) is 0 Å². The number of halogens is 1. The van der Waals surface area contributed by atoms with Crippen LogP contribution in [0, 0.1) is 11.8 Å². The highest BCUT2D eigenvalue weighted by atomic mass is 35.5. The number of hydrogen-bond donors (Lipinski definition) is 3. The molecular formula is C16H27ClN4O2S. The molecule has 1 aliphatic heterocycles. The molecule has 0 aromatic carbocycles. The lowest BCUT2D eigenvalue weighted by Gasteiger charge is -2.29. The van der Waals surface area contributed by atoms with Gasteiger partial charge in [0.15, 0.2) is 5.13 Å². The Hall–Kier alpha value is -1.18. The molecule has 1 fully saturated rings. The van der Waals surface area contributed by atoms with Crippen LogP contribution >= 0.6 is 23.7 Å². The van der Waals surface area contributed by atoms with E-state index in [0.29, 0.717) is 23.5 Å². The number of carbonyl (C=O) groups excluding carboxylic acids is 2. The first-order chi connectivity index (χ1) is 11.0. The summed E-state index contributed by atoms with van der Waals surface area (Å²) < 4.78 is 0. The highest BCUT2D eigenvalue weighted by molar-refractivity contribution is 7.13. The van der Waals surface area contributed by atoms with Crippen molar-refractivity contribution in [3.8, 4) is 0 Å². The van der Waals surface area contributed by atoms with Crippen molar-refractivity contribution in [1.82, 2.24) is 15.6 Å². The second-order valence-electron chi connectivity index (χ2n) is 6.59. The standard InChI is InChI=1S/C16H26N4O2S.ClH/c1-10(2)8-13(15(22)20-16-18-6-7-23-16)19-14(21)12-4-5-17-11(3)9-12;/h6-7,10-13,17H,4-5,8-9H2,1-3H3,(H,19,21)(H,18,20,22);1H/t11-,12-,13?;/m0./s1. The zero-order chi connectivity index (χ0) is 16.8. The largest absolute Gasteiger partial charge is 0.344 e. The Morgan fingerprint density at radius 3 is 2.79 bits per heavy atom. The van der Waals surface area contributed by atoms with Crippen molar-refractivity contribution in [2.24, 2.45) is 11.8 Å². The number of rotatable bonds is 6. The zero-order valence-corrected chi connectivity index (χ0v) is 16.0. The summed E-state index contributed by atoms with van der Waals surface area (Å²) in [6.07, 6.45) is 3.89. The molecule has 3 N–H and O–H groups in total. The van der Waals surface area contributed by atoms with Gasteiger partial charge in [-0.25, -0.2) is 4.98 Å². The van der Waals surface area contributed by atoms with Gasteiger partial charge in [0.1, 0.15) is 6.04 Å². The fourth-order valence-electron chi connectivity index (χ4n) is 2.84. The maximum atomic E-state index is 12.5. The summed E-state index contributed by atoms with van der Waals surface area (Å²) in [5.74, 6) is 0.0881. The summed E-state index contributed by atoms with van der Waals surface area (Å²) in [6.45, 7) is 7.02. The lowest BCUT2D eigenvalue weighted by Crippen LogP contribution is -2.49. The SMILES string of the molecule is CC(C)CC(NC(=O)[C@H]1CCN[C@@H](C)C1)C(=O)Nc1nccs1.Cl. The van der Waals surface area contributed by atoms with Crippen LogP contribution in [0.2, 0.25) is 0 Å². The number of carbonyl (C=O) groups is 2. The van der Waals surface area contributed by atoms with E-state index < -0.39 is 6.04 Å². The minimum absolute atomic E-state index is 0. The highest BCUT2D eigenvalue weighted by Gasteiger charge is 2.29. The van der Waals surface area contributed by atoms with Gasteiger partial charge in [0.2, 0.25) is 11.8 Å². The molecule has 0 spiro atoms. The number of nitrogens with one attached hydrogen (secondary N) is 3. The number of anilines is 1. The highest BCUT2D eigenvalue weighted by Crippen LogP contribution is 2.18. The van der Waals surface area contributed by atoms with Gasteiger partial charge >= 0.3 is 0 Å². The molecule has 2 amide bonds. The van der Waals surface area contributed by atoms with Crippen molar-refractivity contribution < 1.29 is 9.59 Å². The van der Waals surface area contributed by atoms with Gasteiger partial charge in [-0.15, -0.1) is 23.7 Å². The Balaban J connectivity index is 0.00000288. The average Bonchev–Trinajstić information content (AvgIpc) is 2.99. The van der Waals surface area contributed by atoms with Gasteiger partial charge in [0, 0.05) is 23.5 Å². The molecule has 24 heavy (non-hydrogen) atoms. The van der Waals surface area contributed by atoms with Crippen molar-refractivity contribution in [1.29, 1.82) is 0 Å². The molecule has 1 unspecified atom stereocenters. The van der Waals surface area contributed by atoms with Crippen LogP contribution in [0.4, 0.5) is 5.13 Å². The third-order valence-electron chi connectivity index (χ3n) is 4.00. The Labute approximate surface area is 153 Å². The summed E-state index contributed by atoms with van der Waals surface area (Å²) in [5.41, 5.74) is 0. The van der Waals surface area contributed by atoms with Crippen LogP contribution in [0.5, 0.6) is 0 Å². The third kappa shape index (κ3) is 6.37. The Bertz CT molecular complexity index is 524. The number of hydrogen-bond acceptors (Lipinski definition) is 5. The Morgan fingerprint density at radius 2 is 2.21 bits per heavy atom. The molecular weight excluding hydrogens is 348 g/mol. The van der Waals surface area contributed by atoms with Crippen molar-refractivity contribution >= 4 is 40.7 Å². The number of aromatic nitrogens is 1. The number of nitrogens with zero attached hydrogens (tertiary/aromatic N) is 1. The van der Waals surface area contributed by atoms with Crippen LogP contribution in [-0.2, 0) is 9.59 Å². The summed E-state index contributed by atoms with van der Waals surface area (Å²) in [7, 11) is 0. The first-order valence-corrected chi connectivity index (χ1v) is 9.07. The monoisotopic (exact) mass is 374 g/mol. The van der Waals surface area contributed by atoms with E-state index in [1.807, 2.05) is 19.2 Å². The fourth-order valence-corrected chi connectivity index (χ4v) is 3.37. The summed E-state index contributed by atoms with van der Waals surface area (Å²) in [4.78, 5) is 29.0. The van der Waals surface area contributed by atoms with Gasteiger partial charge in [-0.3, -0.25) is 9.59 Å². The molecule has 0 bridgehead atoms. The smallest absolute Gasteiger partial charge is 0.248 e. The first-order valence-electron chi connectivity index (χ1n) is 8.19. The van der Waals surface area contributed by atoms with Gasteiger partial charge in [-0.2, -0.15) is 0 Å². The van der Waals surface area contributed by atoms with E-state index in [0.717, 1.165) is 19.4 Å². The second-order valence-corrected chi connectivity index (χ2v) is 7.49. The van der Waals surface area contributed by atoms with Crippen molar-refractivity contribution in [2.75, 3.05) is 11.9 Å². The molecule has 1 aromatic heterocycles. The minimum Gasteiger partial charge on any atom is -0.344 e. The van der Waals surface area contributed by atoms with Crippen LogP contribution in [0.3, 0.4) is 0 Å². The summed E-state index contributed by atoms with van der Waals surface area (Å²) in [5, 5.41) is 11.4. The topological polar surface area (TPSA) is 83.1 Å². The summed E-state index contributed by atoms with van der Waals surface area (Å²) >= 11 is 1.37. The van der Waals surface area contributed by atoms with Crippen molar-refractivity contribution in [2.45, 2.75) is 52.1 Å². The molecule has 0 radical (unpaired) electrons. The van der Waals surface area contributed by atoms with Gasteiger partial charge in [-0.05, 0) is 38.6 Å². The van der Waals surface area contributed by atoms with E-state index in [-0.39, 0.29) is 30.1 Å². The lowest BCUT2D eigenvalue weighted by atomic mass is 9.92. The maximum absolute atomic E-state index is 12.5. The van der Waals surface area contributed by atoms with Crippen LogP contribution < -0.4 is 16.0 Å². The Kier molecular flexibility index (Phi) is 8.66. The van der Waals surface area contributed by atoms with E-state index in [9.17, 15) is 9.59 Å². The number of thiazole rings is 1. The first kappa shape index (κ1) is 20.9. The fraction of sp³-hybridized carbons (Fsp3) is 0.688. The molecule has 0 aliphatic carbocycles. The van der Waals surface area contributed by atoms with Gasteiger partial charge in [0.25, 0.3) is 0 Å². The molecule has 2 heterocycles. The molecule has 0 saturated carbocycles. The van der Waals surface area contributed by atoms with Crippen LogP contribution in [-0.4, -0.2) is 35.4 Å². The number of amides is 2. The molecule has 136 valence electrons. The third-order valence-corrected chi connectivity index (χ3v) is 4.69. The predicted octanol–water partition coefficient (Wildman–Crippen LogP) is 2.42. The molecule has 3 atom stereocenters. The van der Waals surface area contributed by atoms with E-state index in [1.165, 1.54) is 11.3 Å². The number of piperidine rings is 1. The molecule has 2 rings (SSSR count). The second kappa shape index (κ2) is 9.96. The quantitative estimate of drug-likeness (QED) is 0.714. The van der Waals surface area contributed by atoms with Crippen molar-refractivity contribution in [3.05, 3.63) is 11.6 Å². The summed E-state index contributed by atoms with van der Waals surface area (Å²) in [6, 6.07) is -0.177. The van der Waals surface area contributed by atoms with Gasteiger partial charge in [-0.1, -0.05) is 13.8 Å². The lowest BCUT2D eigenvalue weighted by molar-refractivity contribution is -0.130. The van der Waals surface area contributed by atoms with E-state index in [4.69, 9.17) is 0 Å². The van der Waals surface area contributed by atoms with E-state index >= 15 is 0 Å². The average molecular weight is 375 g/mol. The van der Waals surface area contributed by atoms with Crippen LogP contribution in [0.15, 0.2) is 11.6 Å². The van der Waals surface area contributed by atoms with E-state index in [2.05, 4.69) is 27.9 Å². The van der Waals surface area contributed by atoms with Gasteiger partial charge in [0.05, 0.1) is 0 Å². The molecule has 1 aromatic rings. The maximum Gasteiger partial charge on any atom is 0.248 e. The molecule has 1 saturated heterocycles. The molecule has 8 heteroatoms. The minimum atomic E-state index is -0.517. The van der Waals surface area contributed by atoms with Gasteiger partial charge < -0.3 is 16.0 Å².